The van der Waals surface area contributed by atoms with Crippen LogP contribution in [0.4, 0.5) is 0 Å². The fourth-order valence-electron chi connectivity index (χ4n) is 2.41. The van der Waals surface area contributed by atoms with E-state index in [0.717, 1.165) is 25.0 Å². The number of hydrogen-bond donors (Lipinski definition) is 2. The van der Waals surface area contributed by atoms with Gasteiger partial charge in [-0.05, 0) is 42.5 Å². The molecule has 5 heteroatoms. The predicted octanol–water partition coefficient (Wildman–Crippen LogP) is 1.16. The number of ether oxygens (including phenoxy) is 2. The maximum absolute atomic E-state index is 11.5. The minimum Gasteiger partial charge on any atom is -0.484 e. The lowest BCUT2D eigenvalue weighted by Crippen LogP contribution is -2.31. The van der Waals surface area contributed by atoms with Crippen molar-refractivity contribution in [2.24, 2.45) is 5.73 Å². The molecule has 0 bridgehead atoms. The SMILES string of the molecule is COCCNC(=O)COc1ccc2c(c1)CCCC2N. The number of carbonyl (C=O) groups excluding carboxylic acids is 1. The minimum atomic E-state index is -0.142. The molecule has 1 aliphatic carbocycles. The van der Waals surface area contributed by atoms with E-state index in [1.807, 2.05) is 18.2 Å². The molecule has 1 amide bonds. The van der Waals surface area contributed by atoms with Gasteiger partial charge in [0, 0.05) is 19.7 Å². The zero-order chi connectivity index (χ0) is 14.4. The van der Waals surface area contributed by atoms with E-state index in [0.29, 0.717) is 13.2 Å². The highest BCUT2D eigenvalue weighted by Gasteiger charge is 2.17. The van der Waals surface area contributed by atoms with E-state index in [2.05, 4.69) is 5.32 Å². The van der Waals surface area contributed by atoms with E-state index in [9.17, 15) is 4.79 Å². The molecule has 1 aliphatic rings. The monoisotopic (exact) mass is 278 g/mol. The van der Waals surface area contributed by atoms with Crippen LogP contribution in [0.2, 0.25) is 0 Å². The first-order chi connectivity index (χ1) is 9.70. The molecule has 1 aromatic rings. The van der Waals surface area contributed by atoms with Gasteiger partial charge in [0.05, 0.1) is 6.61 Å². The topological polar surface area (TPSA) is 73.6 Å². The normalized spacial score (nSPS) is 17.4. The Morgan fingerprint density at radius 1 is 1.50 bits per heavy atom. The highest BCUT2D eigenvalue weighted by molar-refractivity contribution is 5.77. The molecule has 3 N–H and O–H groups in total. The lowest BCUT2D eigenvalue weighted by atomic mass is 9.88. The van der Waals surface area contributed by atoms with E-state index in [1.165, 1.54) is 11.1 Å². The zero-order valence-corrected chi connectivity index (χ0v) is 11.9. The molecule has 5 nitrogen and oxygen atoms in total. The first-order valence-corrected chi connectivity index (χ1v) is 6.97. The number of amides is 1. The van der Waals surface area contributed by atoms with Crippen molar-refractivity contribution in [3.63, 3.8) is 0 Å². The molecule has 0 fully saturated rings. The van der Waals surface area contributed by atoms with Crippen molar-refractivity contribution in [3.8, 4) is 5.75 Å². The lowest BCUT2D eigenvalue weighted by Gasteiger charge is -2.22. The van der Waals surface area contributed by atoms with Crippen molar-refractivity contribution < 1.29 is 14.3 Å². The van der Waals surface area contributed by atoms with Crippen molar-refractivity contribution in [3.05, 3.63) is 29.3 Å². The van der Waals surface area contributed by atoms with Gasteiger partial charge in [0.15, 0.2) is 6.61 Å². The van der Waals surface area contributed by atoms with E-state index in [1.54, 1.807) is 7.11 Å². The zero-order valence-electron chi connectivity index (χ0n) is 11.9. The largest absolute Gasteiger partial charge is 0.484 e. The van der Waals surface area contributed by atoms with E-state index >= 15 is 0 Å². The number of hydrogen-bond acceptors (Lipinski definition) is 4. The Kier molecular flexibility index (Phi) is 5.38. The van der Waals surface area contributed by atoms with Gasteiger partial charge in [0.2, 0.25) is 0 Å². The van der Waals surface area contributed by atoms with Crippen molar-refractivity contribution in [1.82, 2.24) is 5.32 Å². The Morgan fingerprint density at radius 2 is 2.35 bits per heavy atom. The first-order valence-electron chi connectivity index (χ1n) is 6.97. The molecule has 1 atom stereocenters. The lowest BCUT2D eigenvalue weighted by molar-refractivity contribution is -0.123. The molecule has 1 unspecified atom stereocenters. The molecule has 0 heterocycles. The van der Waals surface area contributed by atoms with Crippen LogP contribution in [0.5, 0.6) is 5.75 Å². The molecular formula is C15H22N2O3. The number of nitrogens with one attached hydrogen (secondary N) is 1. The van der Waals surface area contributed by atoms with Crippen molar-refractivity contribution in [2.45, 2.75) is 25.3 Å². The number of methoxy groups -OCH3 is 1. The molecule has 0 aliphatic heterocycles. The first kappa shape index (κ1) is 14.8. The third kappa shape index (κ3) is 3.95. The maximum Gasteiger partial charge on any atom is 0.258 e. The highest BCUT2D eigenvalue weighted by atomic mass is 16.5. The Hall–Kier alpha value is -1.59. The number of aryl methyl sites for hydroxylation is 1. The van der Waals surface area contributed by atoms with Crippen molar-refractivity contribution in [2.75, 3.05) is 26.9 Å². The number of benzene rings is 1. The summed E-state index contributed by atoms with van der Waals surface area (Å²) in [4.78, 5) is 11.5. The second-order valence-corrected chi connectivity index (χ2v) is 4.99. The highest BCUT2D eigenvalue weighted by Crippen LogP contribution is 2.30. The van der Waals surface area contributed by atoms with Gasteiger partial charge >= 0.3 is 0 Å². The van der Waals surface area contributed by atoms with Gasteiger partial charge in [0.25, 0.3) is 5.91 Å². The average Bonchev–Trinajstić information content (AvgIpc) is 2.45. The molecule has 2 rings (SSSR count). The van der Waals surface area contributed by atoms with Crippen LogP contribution in [0.25, 0.3) is 0 Å². The van der Waals surface area contributed by atoms with Crippen LogP contribution in [0.3, 0.4) is 0 Å². The smallest absolute Gasteiger partial charge is 0.258 e. The Balaban J connectivity index is 1.86. The quantitative estimate of drug-likeness (QED) is 0.766. The summed E-state index contributed by atoms with van der Waals surface area (Å²) in [7, 11) is 1.60. The predicted molar refractivity (Wildman–Crippen MR) is 76.7 cm³/mol. The minimum absolute atomic E-state index is 0.0224. The van der Waals surface area contributed by atoms with Crippen molar-refractivity contribution in [1.29, 1.82) is 0 Å². The summed E-state index contributed by atoms with van der Waals surface area (Å²) in [6.45, 7) is 1.02. The molecule has 20 heavy (non-hydrogen) atoms. The average molecular weight is 278 g/mol. The van der Waals surface area contributed by atoms with Gasteiger partial charge < -0.3 is 20.5 Å². The second kappa shape index (κ2) is 7.26. The summed E-state index contributed by atoms with van der Waals surface area (Å²) in [6, 6.07) is 6.02. The fourth-order valence-corrected chi connectivity index (χ4v) is 2.41. The molecule has 1 aromatic carbocycles. The second-order valence-electron chi connectivity index (χ2n) is 4.99. The molecular weight excluding hydrogens is 256 g/mol. The summed E-state index contributed by atoms with van der Waals surface area (Å²) < 4.78 is 10.4. The van der Waals surface area contributed by atoms with Crippen LogP contribution in [-0.4, -0.2) is 32.8 Å². The fraction of sp³-hybridized carbons (Fsp3) is 0.533. The van der Waals surface area contributed by atoms with Gasteiger partial charge in [-0.25, -0.2) is 0 Å². The molecule has 0 saturated heterocycles. The number of nitrogens with two attached hydrogens (primary N) is 1. The van der Waals surface area contributed by atoms with Gasteiger partial charge in [0.1, 0.15) is 5.75 Å². The number of fused-ring (bicyclic) bond motifs is 1. The van der Waals surface area contributed by atoms with Crippen molar-refractivity contribution >= 4 is 5.91 Å². The van der Waals surface area contributed by atoms with Crippen LogP contribution < -0.4 is 15.8 Å². The van der Waals surface area contributed by atoms with E-state index < -0.39 is 0 Å². The molecule has 110 valence electrons. The maximum atomic E-state index is 11.5. The molecule has 0 saturated carbocycles. The van der Waals surface area contributed by atoms with Gasteiger partial charge in [-0.3, -0.25) is 4.79 Å². The van der Waals surface area contributed by atoms with E-state index in [-0.39, 0.29) is 18.6 Å². The van der Waals surface area contributed by atoms with Crippen LogP contribution in [-0.2, 0) is 16.0 Å². The van der Waals surface area contributed by atoms with Gasteiger partial charge in [-0.15, -0.1) is 0 Å². The Bertz CT molecular complexity index is 462. The molecule has 0 aromatic heterocycles. The summed E-state index contributed by atoms with van der Waals surface area (Å²) in [5.74, 6) is 0.580. The summed E-state index contributed by atoms with van der Waals surface area (Å²) >= 11 is 0. The van der Waals surface area contributed by atoms with Gasteiger partial charge in [-0.2, -0.15) is 0 Å². The Morgan fingerprint density at radius 3 is 3.15 bits per heavy atom. The van der Waals surface area contributed by atoms with Crippen LogP contribution in [0, 0.1) is 0 Å². The number of carbonyl (C=O) groups is 1. The standard InChI is InChI=1S/C15H22N2O3/c1-19-8-7-17-15(18)10-20-12-5-6-13-11(9-12)3-2-4-14(13)16/h5-6,9,14H,2-4,7-8,10,16H2,1H3,(H,17,18). The summed E-state index contributed by atoms with van der Waals surface area (Å²) in [5.41, 5.74) is 8.51. The summed E-state index contributed by atoms with van der Waals surface area (Å²) in [6.07, 6.45) is 3.17. The molecule has 0 spiro atoms. The molecule has 0 radical (unpaired) electrons. The third-order valence-corrected chi connectivity index (χ3v) is 3.47. The van der Waals surface area contributed by atoms with Crippen LogP contribution in [0.15, 0.2) is 18.2 Å². The third-order valence-electron chi connectivity index (χ3n) is 3.47. The summed E-state index contributed by atoms with van der Waals surface area (Å²) in [5, 5.41) is 2.71. The Labute approximate surface area is 119 Å². The van der Waals surface area contributed by atoms with Crippen LogP contribution in [0.1, 0.15) is 30.0 Å². The van der Waals surface area contributed by atoms with Crippen LogP contribution >= 0.6 is 0 Å². The number of rotatable bonds is 6. The van der Waals surface area contributed by atoms with E-state index in [4.69, 9.17) is 15.2 Å². The van der Waals surface area contributed by atoms with Gasteiger partial charge in [-0.1, -0.05) is 6.07 Å².